The average molecular weight is 271 g/mol. The Balaban J connectivity index is 1.85. The van der Waals surface area contributed by atoms with Gasteiger partial charge in [0.2, 0.25) is 0 Å². The summed E-state index contributed by atoms with van der Waals surface area (Å²) in [7, 11) is 1.68. The Labute approximate surface area is 112 Å². The lowest BCUT2D eigenvalue weighted by molar-refractivity contribution is 0.406. The van der Waals surface area contributed by atoms with Crippen LogP contribution in [-0.4, -0.2) is 7.11 Å². The van der Waals surface area contributed by atoms with Crippen molar-refractivity contribution in [3.8, 4) is 5.75 Å². The molecule has 1 nitrogen and oxygen atoms in total. The summed E-state index contributed by atoms with van der Waals surface area (Å²) in [6.45, 7) is 0. The largest absolute Gasteiger partial charge is 0.496 e. The highest BCUT2D eigenvalue weighted by atomic mass is 35.5. The van der Waals surface area contributed by atoms with Crippen LogP contribution in [0.3, 0.4) is 0 Å². The van der Waals surface area contributed by atoms with E-state index < -0.39 is 0 Å². The molecule has 2 aliphatic carbocycles. The average Bonchev–Trinajstić information content (AvgIpc) is 2.81. The lowest BCUT2D eigenvalue weighted by atomic mass is 10.0. The maximum atomic E-state index is 6.62. The molecule has 3 unspecified atom stereocenters. The zero-order chi connectivity index (χ0) is 12.0. The Morgan fingerprint density at radius 2 is 2.00 bits per heavy atom. The van der Waals surface area contributed by atoms with Crippen LogP contribution in [-0.2, 0) is 0 Å². The molecule has 0 aliphatic heterocycles. The first-order valence-electron chi connectivity index (χ1n) is 6.20. The molecular formula is C14H16Cl2O. The van der Waals surface area contributed by atoms with Gasteiger partial charge in [0.05, 0.1) is 12.5 Å². The number of alkyl halides is 1. The van der Waals surface area contributed by atoms with E-state index in [-0.39, 0.29) is 5.38 Å². The molecule has 0 amide bonds. The van der Waals surface area contributed by atoms with Crippen molar-refractivity contribution in [1.29, 1.82) is 0 Å². The van der Waals surface area contributed by atoms with E-state index in [1.54, 1.807) is 7.11 Å². The fraction of sp³-hybridized carbons (Fsp3) is 0.571. The van der Waals surface area contributed by atoms with Crippen LogP contribution in [0.1, 0.15) is 30.2 Å². The summed E-state index contributed by atoms with van der Waals surface area (Å²) in [6.07, 6.45) is 4.07. The summed E-state index contributed by atoms with van der Waals surface area (Å²) in [5, 5.41) is 0.788. The van der Waals surface area contributed by atoms with Crippen molar-refractivity contribution in [2.75, 3.05) is 7.11 Å². The van der Waals surface area contributed by atoms with Crippen molar-refractivity contribution in [2.24, 2.45) is 17.8 Å². The fourth-order valence-electron chi connectivity index (χ4n) is 3.44. The Hall–Kier alpha value is -0.400. The van der Waals surface area contributed by atoms with E-state index in [4.69, 9.17) is 27.9 Å². The monoisotopic (exact) mass is 270 g/mol. The Morgan fingerprint density at radius 1 is 1.29 bits per heavy atom. The highest BCUT2D eigenvalue weighted by molar-refractivity contribution is 6.31. The van der Waals surface area contributed by atoms with Crippen LogP contribution in [0.5, 0.6) is 5.75 Å². The van der Waals surface area contributed by atoms with Gasteiger partial charge in [-0.25, -0.2) is 0 Å². The van der Waals surface area contributed by atoms with E-state index in [0.717, 1.165) is 28.2 Å². The van der Waals surface area contributed by atoms with Gasteiger partial charge >= 0.3 is 0 Å². The van der Waals surface area contributed by atoms with Crippen LogP contribution in [0.4, 0.5) is 0 Å². The molecule has 0 aromatic heterocycles. The molecule has 92 valence electrons. The quantitative estimate of drug-likeness (QED) is 0.725. The molecular weight excluding hydrogens is 255 g/mol. The third-order valence-electron chi connectivity index (χ3n) is 4.30. The first kappa shape index (κ1) is 11.7. The summed E-state index contributed by atoms with van der Waals surface area (Å²) in [4.78, 5) is 0. The maximum Gasteiger partial charge on any atom is 0.123 e. The summed E-state index contributed by atoms with van der Waals surface area (Å²) in [6, 6.07) is 5.71. The predicted octanol–water partition coefficient (Wildman–Crippen LogP) is 4.67. The van der Waals surface area contributed by atoms with Gasteiger partial charge in [0.1, 0.15) is 5.75 Å². The molecule has 0 spiro atoms. The van der Waals surface area contributed by atoms with E-state index in [1.807, 2.05) is 18.2 Å². The van der Waals surface area contributed by atoms with Crippen molar-refractivity contribution in [1.82, 2.24) is 0 Å². The van der Waals surface area contributed by atoms with Gasteiger partial charge in [0.25, 0.3) is 0 Å². The van der Waals surface area contributed by atoms with Gasteiger partial charge in [-0.2, -0.15) is 0 Å². The van der Waals surface area contributed by atoms with E-state index in [9.17, 15) is 0 Å². The topological polar surface area (TPSA) is 9.23 Å². The van der Waals surface area contributed by atoms with Crippen molar-refractivity contribution >= 4 is 23.2 Å². The molecule has 17 heavy (non-hydrogen) atoms. The molecule has 0 saturated heterocycles. The highest BCUT2D eigenvalue weighted by Crippen LogP contribution is 2.64. The van der Waals surface area contributed by atoms with Crippen molar-refractivity contribution in [3.05, 3.63) is 28.8 Å². The lowest BCUT2D eigenvalue weighted by Gasteiger charge is -2.16. The smallest absolute Gasteiger partial charge is 0.123 e. The van der Waals surface area contributed by atoms with Gasteiger partial charge in [-0.05, 0) is 48.8 Å². The Bertz CT molecular complexity index is 422. The van der Waals surface area contributed by atoms with Crippen LogP contribution in [0.25, 0.3) is 0 Å². The third kappa shape index (κ3) is 1.94. The van der Waals surface area contributed by atoms with Gasteiger partial charge in [0, 0.05) is 10.6 Å². The minimum Gasteiger partial charge on any atom is -0.496 e. The second-order valence-electron chi connectivity index (χ2n) is 5.12. The van der Waals surface area contributed by atoms with E-state index >= 15 is 0 Å². The Kier molecular flexibility index (Phi) is 3.00. The van der Waals surface area contributed by atoms with Gasteiger partial charge in [-0.15, -0.1) is 11.6 Å². The molecule has 0 bridgehead atoms. The van der Waals surface area contributed by atoms with Crippen LogP contribution >= 0.6 is 23.2 Å². The van der Waals surface area contributed by atoms with Gasteiger partial charge < -0.3 is 4.74 Å². The minimum atomic E-state index is 0.0546. The van der Waals surface area contributed by atoms with Crippen LogP contribution in [0, 0.1) is 17.8 Å². The van der Waals surface area contributed by atoms with E-state index in [2.05, 4.69) is 0 Å². The molecule has 0 N–H and O–H groups in total. The zero-order valence-corrected chi connectivity index (χ0v) is 11.3. The Morgan fingerprint density at radius 3 is 2.65 bits per heavy atom. The van der Waals surface area contributed by atoms with Gasteiger partial charge in [-0.3, -0.25) is 0 Å². The second kappa shape index (κ2) is 4.37. The van der Waals surface area contributed by atoms with Gasteiger partial charge in [0.15, 0.2) is 0 Å². The standard InChI is InChI=1S/C14H16Cl2O/c1-17-12-6-5-8(15)7-11(12)14(16)13-9-3-2-4-10(9)13/h5-7,9-10,13-14H,2-4H2,1H3. The van der Waals surface area contributed by atoms with Crippen molar-refractivity contribution in [2.45, 2.75) is 24.6 Å². The lowest BCUT2D eigenvalue weighted by Crippen LogP contribution is -2.01. The number of halogens is 2. The van der Waals surface area contributed by atoms with E-state index in [1.165, 1.54) is 19.3 Å². The minimum absolute atomic E-state index is 0.0546. The molecule has 0 heterocycles. The van der Waals surface area contributed by atoms with Crippen LogP contribution in [0.2, 0.25) is 5.02 Å². The molecule has 1 aromatic carbocycles. The van der Waals surface area contributed by atoms with Crippen LogP contribution in [0.15, 0.2) is 18.2 Å². The number of ether oxygens (including phenoxy) is 1. The summed E-state index contributed by atoms with van der Waals surface area (Å²) < 4.78 is 5.38. The first-order valence-corrected chi connectivity index (χ1v) is 7.01. The second-order valence-corrected chi connectivity index (χ2v) is 6.03. The highest BCUT2D eigenvalue weighted by Gasteiger charge is 2.56. The summed E-state index contributed by atoms with van der Waals surface area (Å²) >= 11 is 12.7. The summed E-state index contributed by atoms with van der Waals surface area (Å²) in [5.41, 5.74) is 1.06. The number of methoxy groups -OCH3 is 1. The number of hydrogen-bond donors (Lipinski definition) is 0. The molecule has 3 rings (SSSR count). The normalized spacial score (nSPS) is 32.1. The molecule has 0 radical (unpaired) electrons. The van der Waals surface area contributed by atoms with E-state index in [0.29, 0.717) is 5.92 Å². The molecule has 2 saturated carbocycles. The molecule has 3 heteroatoms. The number of hydrogen-bond acceptors (Lipinski definition) is 1. The molecule has 2 fully saturated rings. The fourth-order valence-corrected chi connectivity index (χ4v) is 4.16. The number of fused-ring (bicyclic) bond motifs is 1. The number of rotatable bonds is 3. The van der Waals surface area contributed by atoms with Crippen molar-refractivity contribution < 1.29 is 4.74 Å². The van der Waals surface area contributed by atoms with Gasteiger partial charge in [-0.1, -0.05) is 18.0 Å². The third-order valence-corrected chi connectivity index (χ3v) is 5.06. The molecule has 1 aromatic rings. The maximum absolute atomic E-state index is 6.62. The number of benzene rings is 1. The van der Waals surface area contributed by atoms with Crippen LogP contribution < -0.4 is 4.74 Å². The molecule has 2 aliphatic rings. The summed E-state index contributed by atoms with van der Waals surface area (Å²) in [5.74, 6) is 3.19. The first-order chi connectivity index (χ1) is 8.22. The van der Waals surface area contributed by atoms with Crippen molar-refractivity contribution in [3.63, 3.8) is 0 Å². The zero-order valence-electron chi connectivity index (χ0n) is 9.83. The SMILES string of the molecule is COc1ccc(Cl)cc1C(Cl)C1C2CCCC21. The predicted molar refractivity (Wildman–Crippen MR) is 70.9 cm³/mol. The molecule has 3 atom stereocenters.